The molecule has 5 aromatic rings. The number of pyridine rings is 1. The van der Waals surface area contributed by atoms with E-state index in [0.29, 0.717) is 38.7 Å². The molecular weight excluding hydrogens is 391 g/mol. The Morgan fingerprint density at radius 1 is 0.968 bits per heavy atom. The van der Waals surface area contributed by atoms with Crippen LogP contribution in [0, 0.1) is 17.1 Å². The minimum absolute atomic E-state index is 0.295. The van der Waals surface area contributed by atoms with E-state index in [1.165, 1.54) is 16.5 Å². The molecule has 1 N–H and O–H groups in total. The van der Waals surface area contributed by atoms with Crippen molar-refractivity contribution in [2.24, 2.45) is 0 Å². The Kier molecular flexibility index (Phi) is 4.42. The molecule has 6 heteroatoms. The van der Waals surface area contributed by atoms with Crippen LogP contribution in [0.3, 0.4) is 0 Å². The zero-order chi connectivity index (χ0) is 21.4. The monoisotopic (exact) mass is 406 g/mol. The molecule has 0 bridgehead atoms. The molecule has 2 heterocycles. The standard InChI is InChI=1S/C25H15FN4O/c26-17-10-12-18(13-11-17)28-15-20-23(16-6-2-1-3-7-16)19(14-27)24-29-21-8-4-5-9-22(21)30(24)25(20)31/h1-13,15,28H. The molecule has 3 aromatic carbocycles. The Bertz CT molecular complexity index is 1580. The lowest BCUT2D eigenvalue weighted by Gasteiger charge is -2.08. The molecule has 0 atom stereocenters. The zero-order valence-electron chi connectivity index (χ0n) is 16.2. The first-order valence-electron chi connectivity index (χ1n) is 9.62. The molecule has 31 heavy (non-hydrogen) atoms. The minimum atomic E-state index is -0.349. The summed E-state index contributed by atoms with van der Waals surface area (Å²) in [5, 5.41) is 13.4. The van der Waals surface area contributed by atoms with Gasteiger partial charge in [0.05, 0.1) is 16.3 Å². The number of nitriles is 1. The highest BCUT2D eigenvalue weighted by atomic mass is 19.1. The molecule has 0 saturated heterocycles. The van der Waals surface area contributed by atoms with Gasteiger partial charge in [-0.05, 0) is 42.0 Å². The molecule has 0 saturated carbocycles. The molecule has 5 nitrogen and oxygen atoms in total. The number of hydrogen-bond donors (Lipinski definition) is 1. The van der Waals surface area contributed by atoms with Crippen LogP contribution in [0.1, 0.15) is 5.56 Å². The van der Waals surface area contributed by atoms with Gasteiger partial charge in [0.1, 0.15) is 17.4 Å². The molecule has 0 aliphatic carbocycles. The first kappa shape index (κ1) is 18.5. The molecule has 148 valence electrons. The molecule has 0 fully saturated rings. The van der Waals surface area contributed by atoms with Gasteiger partial charge in [0.25, 0.3) is 5.56 Å². The summed E-state index contributed by atoms with van der Waals surface area (Å²) < 4.78 is 14.7. The van der Waals surface area contributed by atoms with Gasteiger partial charge in [-0.3, -0.25) is 9.20 Å². The average molecular weight is 406 g/mol. The molecule has 5 rings (SSSR count). The summed E-state index contributed by atoms with van der Waals surface area (Å²) in [4.78, 5) is 18.2. The lowest BCUT2D eigenvalue weighted by Crippen LogP contribution is -2.34. The minimum Gasteiger partial charge on any atom is -0.361 e. The van der Waals surface area contributed by atoms with E-state index in [0.717, 1.165) is 5.56 Å². The van der Waals surface area contributed by atoms with E-state index in [9.17, 15) is 14.4 Å². The predicted molar refractivity (Wildman–Crippen MR) is 119 cm³/mol. The summed E-state index contributed by atoms with van der Waals surface area (Å²) in [6, 6.07) is 24.6. The van der Waals surface area contributed by atoms with Crippen molar-refractivity contribution in [3.05, 3.63) is 106 Å². The second kappa shape index (κ2) is 7.39. The SMILES string of the molecule is N#Cc1c(-c2ccccc2)c(=CNc2ccc(F)cc2)c(=O)n2c1nc1ccccc12. The fourth-order valence-electron chi connectivity index (χ4n) is 3.72. The normalized spacial score (nSPS) is 11.7. The molecule has 0 aliphatic rings. The Morgan fingerprint density at radius 2 is 1.68 bits per heavy atom. The molecule has 0 aliphatic heterocycles. The maximum absolute atomic E-state index is 13.6. The van der Waals surface area contributed by atoms with E-state index < -0.39 is 0 Å². The summed E-state index contributed by atoms with van der Waals surface area (Å²) in [5.74, 6) is -0.349. The third-order valence-corrected chi connectivity index (χ3v) is 5.14. The number of rotatable bonds is 3. The molecular formula is C25H15FN4O. The predicted octanol–water partition coefficient (Wildman–Crippen LogP) is 4.09. The van der Waals surface area contributed by atoms with Crippen LogP contribution in [-0.2, 0) is 0 Å². The van der Waals surface area contributed by atoms with E-state index in [4.69, 9.17) is 0 Å². The first-order chi connectivity index (χ1) is 15.2. The molecule has 0 unspecified atom stereocenters. The van der Waals surface area contributed by atoms with Crippen LogP contribution in [0.2, 0.25) is 0 Å². The second-order valence-electron chi connectivity index (χ2n) is 7.00. The van der Waals surface area contributed by atoms with Gasteiger partial charge in [0.15, 0.2) is 5.65 Å². The fourth-order valence-corrected chi connectivity index (χ4v) is 3.72. The zero-order valence-corrected chi connectivity index (χ0v) is 16.2. The van der Waals surface area contributed by atoms with E-state index >= 15 is 0 Å². The molecule has 2 aromatic heterocycles. The van der Waals surface area contributed by atoms with Gasteiger partial charge in [0, 0.05) is 17.5 Å². The van der Waals surface area contributed by atoms with Crippen molar-refractivity contribution in [3.8, 4) is 17.2 Å². The van der Waals surface area contributed by atoms with Gasteiger partial charge in [-0.15, -0.1) is 0 Å². The smallest absolute Gasteiger partial charge is 0.266 e. The Labute approximate surface area is 176 Å². The van der Waals surface area contributed by atoms with E-state index in [-0.39, 0.29) is 11.4 Å². The van der Waals surface area contributed by atoms with Crippen LogP contribution in [0.4, 0.5) is 10.1 Å². The van der Waals surface area contributed by atoms with Crippen LogP contribution in [0.15, 0.2) is 83.7 Å². The lowest BCUT2D eigenvalue weighted by atomic mass is 9.99. The molecule has 0 amide bonds. The van der Waals surface area contributed by atoms with Crippen molar-refractivity contribution in [1.29, 1.82) is 5.26 Å². The number of para-hydroxylation sites is 2. The third kappa shape index (κ3) is 3.09. The maximum Gasteiger partial charge on any atom is 0.266 e. The van der Waals surface area contributed by atoms with Crippen LogP contribution < -0.4 is 16.1 Å². The van der Waals surface area contributed by atoms with E-state index in [1.54, 1.807) is 24.4 Å². The first-order valence-corrected chi connectivity index (χ1v) is 9.62. The number of aromatic nitrogens is 2. The second-order valence-corrected chi connectivity index (χ2v) is 7.00. The van der Waals surface area contributed by atoms with Gasteiger partial charge >= 0.3 is 0 Å². The fraction of sp³-hybridized carbons (Fsp3) is 0. The quantitative estimate of drug-likeness (QED) is 0.490. The summed E-state index contributed by atoms with van der Waals surface area (Å²) in [7, 11) is 0. The number of fused-ring (bicyclic) bond motifs is 3. The van der Waals surface area contributed by atoms with Gasteiger partial charge in [-0.1, -0.05) is 42.5 Å². The van der Waals surface area contributed by atoms with Crippen molar-refractivity contribution in [3.63, 3.8) is 0 Å². The van der Waals surface area contributed by atoms with Crippen LogP contribution in [-0.4, -0.2) is 9.38 Å². The summed E-state index contributed by atoms with van der Waals surface area (Å²) >= 11 is 0. The largest absolute Gasteiger partial charge is 0.361 e. The van der Waals surface area contributed by atoms with Crippen molar-refractivity contribution in [2.75, 3.05) is 5.32 Å². The Balaban J connectivity index is 1.89. The summed E-state index contributed by atoms with van der Waals surface area (Å²) in [6.45, 7) is 0. The number of nitrogens with one attached hydrogen (secondary N) is 1. The average Bonchev–Trinajstić information content (AvgIpc) is 3.19. The number of hydrogen-bond acceptors (Lipinski definition) is 4. The van der Waals surface area contributed by atoms with Gasteiger partial charge in [-0.25, -0.2) is 9.37 Å². The highest BCUT2D eigenvalue weighted by Crippen LogP contribution is 2.24. The van der Waals surface area contributed by atoms with E-state index in [2.05, 4.69) is 16.4 Å². The number of anilines is 1. The van der Waals surface area contributed by atoms with Crippen molar-refractivity contribution in [2.45, 2.75) is 0 Å². The van der Waals surface area contributed by atoms with Gasteiger partial charge in [-0.2, -0.15) is 5.26 Å². The third-order valence-electron chi connectivity index (χ3n) is 5.14. The molecule has 0 radical (unpaired) electrons. The van der Waals surface area contributed by atoms with Crippen LogP contribution in [0.5, 0.6) is 0 Å². The highest BCUT2D eigenvalue weighted by molar-refractivity contribution is 5.87. The van der Waals surface area contributed by atoms with Gasteiger partial charge < -0.3 is 5.32 Å². The number of halogens is 1. The van der Waals surface area contributed by atoms with Crippen LogP contribution >= 0.6 is 0 Å². The summed E-state index contributed by atoms with van der Waals surface area (Å²) in [5.41, 5.74) is 3.47. The lowest BCUT2D eigenvalue weighted by molar-refractivity contribution is 0.628. The highest BCUT2D eigenvalue weighted by Gasteiger charge is 2.19. The molecule has 0 spiro atoms. The van der Waals surface area contributed by atoms with Gasteiger partial charge in [0.2, 0.25) is 0 Å². The van der Waals surface area contributed by atoms with Crippen LogP contribution in [0.25, 0.3) is 34.0 Å². The van der Waals surface area contributed by atoms with Crippen molar-refractivity contribution < 1.29 is 4.39 Å². The maximum atomic E-state index is 13.6. The number of benzene rings is 3. The Morgan fingerprint density at radius 3 is 2.42 bits per heavy atom. The van der Waals surface area contributed by atoms with Crippen molar-refractivity contribution >= 4 is 28.6 Å². The number of imidazole rings is 1. The number of nitrogens with zero attached hydrogens (tertiary/aromatic N) is 3. The van der Waals surface area contributed by atoms with Crippen molar-refractivity contribution in [1.82, 2.24) is 9.38 Å². The topological polar surface area (TPSA) is 70.2 Å². The Hall–Kier alpha value is -4.50. The summed E-state index contributed by atoms with van der Waals surface area (Å²) in [6.07, 6.45) is 1.56. The van der Waals surface area contributed by atoms with E-state index in [1.807, 2.05) is 48.5 Å².